The summed E-state index contributed by atoms with van der Waals surface area (Å²) in [4.78, 5) is 16.1. The minimum Gasteiger partial charge on any atom is -0.294 e. The van der Waals surface area contributed by atoms with Crippen LogP contribution in [0, 0.1) is 35.4 Å². The van der Waals surface area contributed by atoms with Crippen LogP contribution in [0.1, 0.15) is 29.6 Å². The van der Waals surface area contributed by atoms with Crippen LogP contribution in [0.3, 0.4) is 0 Å². The molecule has 3 heteroatoms. The van der Waals surface area contributed by atoms with Crippen molar-refractivity contribution in [1.82, 2.24) is 4.98 Å². The number of carbonyl (C=O) groups is 1. The van der Waals surface area contributed by atoms with Gasteiger partial charge in [-0.25, -0.2) is 4.39 Å². The number of carbonyl (C=O) groups excluding carboxylic acids is 1. The van der Waals surface area contributed by atoms with Crippen molar-refractivity contribution in [2.24, 2.45) is 29.6 Å². The van der Waals surface area contributed by atoms with Crippen molar-refractivity contribution in [2.75, 3.05) is 0 Å². The van der Waals surface area contributed by atoms with Gasteiger partial charge in [0.15, 0.2) is 5.78 Å². The molecule has 3 aliphatic rings. The minimum atomic E-state index is -0.412. The predicted octanol–water partition coefficient (Wildman–Crippen LogP) is 2.70. The Bertz CT molecular complexity index is 485. The number of rotatable bonds is 2. The molecule has 0 aliphatic heterocycles. The van der Waals surface area contributed by atoms with Gasteiger partial charge in [-0.15, -0.1) is 0 Å². The molecule has 0 amide bonds. The number of pyridine rings is 1. The lowest BCUT2D eigenvalue weighted by Gasteiger charge is -2.07. The smallest absolute Gasteiger partial charge is 0.168 e. The fraction of sp³-hybridized carbons (Fsp3) is 0.571. The molecule has 0 N–H and O–H groups in total. The number of Topliss-reactive ketones (excluding diaryl/α,β-unsaturated/α-hetero) is 1. The Labute approximate surface area is 99.2 Å². The van der Waals surface area contributed by atoms with E-state index in [1.165, 1.54) is 31.5 Å². The van der Waals surface area contributed by atoms with Crippen LogP contribution in [0.5, 0.6) is 0 Å². The normalized spacial score (nSPS) is 41.4. The Morgan fingerprint density at radius 1 is 1.24 bits per heavy atom. The van der Waals surface area contributed by atoms with Crippen LogP contribution in [0.4, 0.5) is 4.39 Å². The standard InChI is InChI=1S/C14H14FNO/c15-10-4-9(5-16-6-10)14(17)13-11-7-1-2-8(3-7)12(11)13/h4-8,11-13H,1-3H2. The highest BCUT2D eigenvalue weighted by Gasteiger charge is 2.67. The molecule has 17 heavy (non-hydrogen) atoms. The van der Waals surface area contributed by atoms with Gasteiger partial charge in [0.05, 0.1) is 6.20 Å². The van der Waals surface area contributed by atoms with Gasteiger partial charge >= 0.3 is 0 Å². The van der Waals surface area contributed by atoms with E-state index in [1.807, 2.05) is 0 Å². The monoisotopic (exact) mass is 231 g/mol. The number of halogens is 1. The fourth-order valence-corrected chi connectivity index (χ4v) is 4.41. The number of ketones is 1. The second kappa shape index (κ2) is 3.15. The van der Waals surface area contributed by atoms with Gasteiger partial charge < -0.3 is 0 Å². The van der Waals surface area contributed by atoms with Crippen molar-refractivity contribution in [3.8, 4) is 0 Å². The highest BCUT2D eigenvalue weighted by atomic mass is 19.1. The Kier molecular flexibility index (Phi) is 1.81. The summed E-state index contributed by atoms with van der Waals surface area (Å²) in [6, 6.07) is 1.32. The summed E-state index contributed by atoms with van der Waals surface area (Å²) in [5.41, 5.74) is 0.462. The third-order valence-electron chi connectivity index (χ3n) is 5.03. The van der Waals surface area contributed by atoms with E-state index >= 15 is 0 Å². The van der Waals surface area contributed by atoms with Gasteiger partial charge in [-0.1, -0.05) is 0 Å². The maximum absolute atomic E-state index is 13.1. The zero-order chi connectivity index (χ0) is 11.6. The SMILES string of the molecule is O=C(c1cncc(F)c1)C1C2C3CCC(C3)C12. The van der Waals surface area contributed by atoms with Gasteiger partial charge in [0.2, 0.25) is 0 Å². The van der Waals surface area contributed by atoms with Crippen LogP contribution >= 0.6 is 0 Å². The van der Waals surface area contributed by atoms with Crippen molar-refractivity contribution in [2.45, 2.75) is 19.3 Å². The third-order valence-corrected chi connectivity index (χ3v) is 5.03. The van der Waals surface area contributed by atoms with Crippen molar-refractivity contribution >= 4 is 5.78 Å². The second-order valence-electron chi connectivity index (χ2n) is 5.77. The predicted molar refractivity (Wildman–Crippen MR) is 59.8 cm³/mol. The van der Waals surface area contributed by atoms with Crippen LogP contribution in [0.2, 0.25) is 0 Å². The van der Waals surface area contributed by atoms with Crippen LogP contribution in [-0.2, 0) is 0 Å². The first-order chi connectivity index (χ1) is 8.25. The molecule has 88 valence electrons. The molecule has 0 aromatic carbocycles. The average molecular weight is 231 g/mol. The van der Waals surface area contributed by atoms with Crippen LogP contribution in [0.15, 0.2) is 18.5 Å². The first-order valence-corrected chi connectivity index (χ1v) is 6.40. The molecule has 2 bridgehead atoms. The van der Waals surface area contributed by atoms with Gasteiger partial charge in [-0.05, 0) is 49.0 Å². The average Bonchev–Trinajstić information content (AvgIpc) is 2.76. The van der Waals surface area contributed by atoms with Gasteiger partial charge in [0, 0.05) is 17.7 Å². The summed E-state index contributed by atoms with van der Waals surface area (Å²) >= 11 is 0. The Morgan fingerprint density at radius 3 is 2.59 bits per heavy atom. The summed E-state index contributed by atoms with van der Waals surface area (Å²) in [5.74, 6) is 2.69. The lowest BCUT2D eigenvalue weighted by Crippen LogP contribution is -2.10. The Hall–Kier alpha value is -1.25. The molecule has 3 fully saturated rings. The zero-order valence-electron chi connectivity index (χ0n) is 9.47. The number of aromatic nitrogens is 1. The highest BCUT2D eigenvalue weighted by Crippen LogP contribution is 2.69. The summed E-state index contributed by atoms with van der Waals surface area (Å²) in [7, 11) is 0. The quantitative estimate of drug-likeness (QED) is 0.732. The molecule has 0 spiro atoms. The molecule has 1 aromatic heterocycles. The molecule has 0 radical (unpaired) electrons. The summed E-state index contributed by atoms with van der Waals surface area (Å²) in [5, 5.41) is 0. The van der Waals surface area contributed by atoms with Crippen LogP contribution in [0.25, 0.3) is 0 Å². The van der Waals surface area contributed by atoms with E-state index in [1.54, 1.807) is 0 Å². The van der Waals surface area contributed by atoms with Gasteiger partial charge in [0.1, 0.15) is 5.82 Å². The second-order valence-corrected chi connectivity index (χ2v) is 5.77. The van der Waals surface area contributed by atoms with Crippen LogP contribution < -0.4 is 0 Å². The molecule has 1 aromatic rings. The maximum Gasteiger partial charge on any atom is 0.168 e. The Balaban J connectivity index is 1.60. The van der Waals surface area contributed by atoms with E-state index in [9.17, 15) is 9.18 Å². The van der Waals surface area contributed by atoms with E-state index in [-0.39, 0.29) is 11.7 Å². The molecule has 4 atom stereocenters. The van der Waals surface area contributed by atoms with Crippen molar-refractivity contribution in [1.29, 1.82) is 0 Å². The summed E-state index contributed by atoms with van der Waals surface area (Å²) in [6.07, 6.45) is 6.59. The largest absolute Gasteiger partial charge is 0.294 e. The first-order valence-electron chi connectivity index (χ1n) is 6.40. The van der Waals surface area contributed by atoms with E-state index in [0.29, 0.717) is 17.4 Å². The number of nitrogens with zero attached hydrogens (tertiary/aromatic N) is 1. The molecule has 4 rings (SSSR count). The maximum atomic E-state index is 13.1. The molecular weight excluding hydrogens is 217 g/mol. The number of hydrogen-bond donors (Lipinski definition) is 0. The van der Waals surface area contributed by atoms with Crippen LogP contribution in [-0.4, -0.2) is 10.8 Å². The molecule has 3 aliphatic carbocycles. The molecule has 2 nitrogen and oxygen atoms in total. The highest BCUT2D eigenvalue weighted by molar-refractivity contribution is 6.00. The van der Waals surface area contributed by atoms with Gasteiger partial charge in [0.25, 0.3) is 0 Å². The Morgan fingerprint density at radius 2 is 1.94 bits per heavy atom. The summed E-state index contributed by atoms with van der Waals surface area (Å²) < 4.78 is 13.1. The van der Waals surface area contributed by atoms with E-state index < -0.39 is 5.82 Å². The zero-order valence-corrected chi connectivity index (χ0v) is 9.47. The van der Waals surface area contributed by atoms with Crippen molar-refractivity contribution in [3.05, 3.63) is 29.8 Å². The molecular formula is C14H14FNO. The van der Waals surface area contributed by atoms with Gasteiger partial charge in [-0.3, -0.25) is 9.78 Å². The fourth-order valence-electron chi connectivity index (χ4n) is 4.41. The number of fused-ring (bicyclic) bond motifs is 5. The first kappa shape index (κ1) is 9.75. The molecule has 4 unspecified atom stereocenters. The molecule has 1 heterocycles. The van der Waals surface area contributed by atoms with E-state index in [2.05, 4.69) is 4.98 Å². The van der Waals surface area contributed by atoms with Gasteiger partial charge in [-0.2, -0.15) is 0 Å². The number of hydrogen-bond acceptors (Lipinski definition) is 2. The molecule has 3 saturated carbocycles. The lowest BCUT2D eigenvalue weighted by molar-refractivity contribution is 0.0943. The van der Waals surface area contributed by atoms with Crippen molar-refractivity contribution in [3.63, 3.8) is 0 Å². The van der Waals surface area contributed by atoms with Crippen molar-refractivity contribution < 1.29 is 9.18 Å². The van der Waals surface area contributed by atoms with E-state index in [4.69, 9.17) is 0 Å². The molecule has 0 saturated heterocycles. The summed E-state index contributed by atoms with van der Waals surface area (Å²) in [6.45, 7) is 0. The topological polar surface area (TPSA) is 30.0 Å². The van der Waals surface area contributed by atoms with E-state index in [0.717, 1.165) is 18.0 Å². The minimum absolute atomic E-state index is 0.128. The lowest BCUT2D eigenvalue weighted by atomic mass is 9.97. The third kappa shape index (κ3) is 1.25.